The van der Waals surface area contributed by atoms with Gasteiger partial charge in [-0.25, -0.2) is 4.39 Å². The average Bonchev–Trinajstić information content (AvgIpc) is 2.42. The van der Waals surface area contributed by atoms with Crippen molar-refractivity contribution in [2.24, 2.45) is 0 Å². The Morgan fingerprint density at radius 1 is 1.00 bits per heavy atom. The van der Waals surface area contributed by atoms with Crippen LogP contribution in [-0.4, -0.2) is 13.6 Å². The average molecular weight is 257 g/mol. The van der Waals surface area contributed by atoms with Crippen molar-refractivity contribution in [2.75, 3.05) is 13.6 Å². The van der Waals surface area contributed by atoms with E-state index in [2.05, 4.69) is 36.5 Å². The van der Waals surface area contributed by atoms with Crippen LogP contribution in [-0.2, 0) is 6.42 Å². The van der Waals surface area contributed by atoms with Crippen LogP contribution in [0.4, 0.5) is 4.39 Å². The Morgan fingerprint density at radius 2 is 1.63 bits per heavy atom. The molecule has 0 bridgehead atoms. The number of rotatable bonds is 5. The van der Waals surface area contributed by atoms with Gasteiger partial charge in [0.05, 0.1) is 0 Å². The predicted octanol–water partition coefficient (Wildman–Crippen LogP) is 3.68. The summed E-state index contributed by atoms with van der Waals surface area (Å²) in [5.74, 6) is 0.190. The maximum Gasteiger partial charge on any atom is 0.123 e. The van der Waals surface area contributed by atoms with Crippen LogP contribution in [0.15, 0.2) is 48.5 Å². The van der Waals surface area contributed by atoms with E-state index in [-0.39, 0.29) is 5.82 Å². The largest absolute Gasteiger partial charge is 0.319 e. The highest BCUT2D eigenvalue weighted by Gasteiger charge is 2.11. The molecule has 0 aliphatic heterocycles. The molecule has 19 heavy (non-hydrogen) atoms. The normalized spacial score (nSPS) is 12.4. The van der Waals surface area contributed by atoms with E-state index in [4.69, 9.17) is 0 Å². The first-order valence-corrected chi connectivity index (χ1v) is 6.64. The molecule has 1 unspecified atom stereocenters. The SMILES string of the molecule is CNCC(Cc1ccc(C)cc1)c1ccc(F)cc1. The highest BCUT2D eigenvalue weighted by molar-refractivity contribution is 5.27. The fraction of sp³-hybridized carbons (Fsp3) is 0.294. The first-order chi connectivity index (χ1) is 9.19. The summed E-state index contributed by atoms with van der Waals surface area (Å²) in [5.41, 5.74) is 3.77. The van der Waals surface area contributed by atoms with Gasteiger partial charge in [0.15, 0.2) is 0 Å². The summed E-state index contributed by atoms with van der Waals surface area (Å²) in [4.78, 5) is 0. The lowest BCUT2D eigenvalue weighted by Crippen LogP contribution is -2.19. The first-order valence-electron chi connectivity index (χ1n) is 6.64. The summed E-state index contributed by atoms with van der Waals surface area (Å²) in [7, 11) is 1.95. The number of hydrogen-bond acceptors (Lipinski definition) is 1. The molecule has 2 aromatic rings. The van der Waals surface area contributed by atoms with Gasteiger partial charge in [-0.15, -0.1) is 0 Å². The van der Waals surface area contributed by atoms with Crippen molar-refractivity contribution < 1.29 is 4.39 Å². The van der Waals surface area contributed by atoms with Crippen LogP contribution in [0.2, 0.25) is 0 Å². The summed E-state index contributed by atoms with van der Waals surface area (Å²) in [5, 5.41) is 3.22. The molecule has 0 heterocycles. The van der Waals surface area contributed by atoms with E-state index in [1.165, 1.54) is 28.8 Å². The molecule has 100 valence electrons. The molecule has 0 fully saturated rings. The van der Waals surface area contributed by atoms with Crippen LogP contribution in [0.3, 0.4) is 0 Å². The Bertz CT molecular complexity index is 502. The number of benzene rings is 2. The zero-order chi connectivity index (χ0) is 13.7. The summed E-state index contributed by atoms with van der Waals surface area (Å²) in [6.45, 7) is 2.98. The molecular weight excluding hydrogens is 237 g/mol. The standard InChI is InChI=1S/C17H20FN/c1-13-3-5-14(6-4-13)11-16(12-19-2)15-7-9-17(18)10-8-15/h3-10,16,19H,11-12H2,1-2H3. The predicted molar refractivity (Wildman–Crippen MR) is 78.0 cm³/mol. The summed E-state index contributed by atoms with van der Waals surface area (Å²) < 4.78 is 13.0. The Hall–Kier alpha value is -1.67. The molecule has 1 atom stereocenters. The van der Waals surface area contributed by atoms with Gasteiger partial charge in [0.2, 0.25) is 0 Å². The molecule has 2 aromatic carbocycles. The first kappa shape index (κ1) is 13.8. The maximum atomic E-state index is 13.0. The second-order valence-electron chi connectivity index (χ2n) is 5.00. The fourth-order valence-corrected chi connectivity index (χ4v) is 2.30. The molecule has 0 aliphatic rings. The van der Waals surface area contributed by atoms with Crippen LogP contribution < -0.4 is 5.32 Å². The minimum Gasteiger partial charge on any atom is -0.319 e. The lowest BCUT2D eigenvalue weighted by Gasteiger charge is -2.17. The number of nitrogens with one attached hydrogen (secondary N) is 1. The van der Waals surface area contributed by atoms with Crippen molar-refractivity contribution in [3.8, 4) is 0 Å². The lowest BCUT2D eigenvalue weighted by molar-refractivity contribution is 0.611. The van der Waals surface area contributed by atoms with E-state index in [0.29, 0.717) is 5.92 Å². The van der Waals surface area contributed by atoms with Gasteiger partial charge in [-0.05, 0) is 43.7 Å². The van der Waals surface area contributed by atoms with Crippen LogP contribution in [0.25, 0.3) is 0 Å². The third-order valence-electron chi connectivity index (χ3n) is 3.39. The fourth-order valence-electron chi connectivity index (χ4n) is 2.30. The molecule has 0 saturated heterocycles. The molecule has 1 N–H and O–H groups in total. The molecule has 2 rings (SSSR count). The number of hydrogen-bond donors (Lipinski definition) is 1. The Kier molecular flexibility index (Phi) is 4.69. The number of likely N-dealkylation sites (N-methyl/N-ethyl adjacent to an activating group) is 1. The molecule has 0 spiro atoms. The smallest absolute Gasteiger partial charge is 0.123 e. The quantitative estimate of drug-likeness (QED) is 0.861. The van der Waals surface area contributed by atoms with Crippen LogP contribution >= 0.6 is 0 Å². The monoisotopic (exact) mass is 257 g/mol. The molecule has 0 aromatic heterocycles. The minimum atomic E-state index is -0.178. The number of aryl methyl sites for hydroxylation is 1. The molecule has 0 radical (unpaired) electrons. The van der Waals surface area contributed by atoms with Crippen molar-refractivity contribution >= 4 is 0 Å². The summed E-state index contributed by atoms with van der Waals surface area (Å²) in [6, 6.07) is 15.4. The van der Waals surface area contributed by atoms with Gasteiger partial charge in [0.1, 0.15) is 5.82 Å². The zero-order valence-electron chi connectivity index (χ0n) is 11.5. The van der Waals surface area contributed by atoms with Crippen LogP contribution in [0, 0.1) is 12.7 Å². The second kappa shape index (κ2) is 6.48. The van der Waals surface area contributed by atoms with Gasteiger partial charge >= 0.3 is 0 Å². The molecular formula is C17H20FN. The minimum absolute atomic E-state index is 0.178. The van der Waals surface area contributed by atoms with E-state index >= 15 is 0 Å². The van der Waals surface area contributed by atoms with E-state index in [0.717, 1.165) is 13.0 Å². The van der Waals surface area contributed by atoms with Gasteiger partial charge in [-0.3, -0.25) is 0 Å². The number of halogens is 1. The highest BCUT2D eigenvalue weighted by atomic mass is 19.1. The molecule has 0 amide bonds. The molecule has 0 aliphatic carbocycles. The van der Waals surface area contributed by atoms with Crippen LogP contribution in [0.1, 0.15) is 22.6 Å². The Balaban J connectivity index is 2.15. The van der Waals surface area contributed by atoms with Crippen molar-refractivity contribution in [1.29, 1.82) is 0 Å². The maximum absolute atomic E-state index is 13.0. The topological polar surface area (TPSA) is 12.0 Å². The molecule has 0 saturated carbocycles. The van der Waals surface area contributed by atoms with Gasteiger partial charge < -0.3 is 5.32 Å². The van der Waals surface area contributed by atoms with Gasteiger partial charge in [0, 0.05) is 12.5 Å². The van der Waals surface area contributed by atoms with E-state index in [1.54, 1.807) is 0 Å². The van der Waals surface area contributed by atoms with Crippen molar-refractivity contribution in [1.82, 2.24) is 5.32 Å². The Morgan fingerprint density at radius 3 is 2.21 bits per heavy atom. The van der Waals surface area contributed by atoms with Crippen LogP contribution in [0.5, 0.6) is 0 Å². The van der Waals surface area contributed by atoms with Gasteiger partial charge in [0.25, 0.3) is 0 Å². The molecule has 2 heteroatoms. The van der Waals surface area contributed by atoms with E-state index in [1.807, 2.05) is 19.2 Å². The van der Waals surface area contributed by atoms with Crippen molar-refractivity contribution in [3.05, 3.63) is 71.0 Å². The molecule has 1 nitrogen and oxygen atoms in total. The highest BCUT2D eigenvalue weighted by Crippen LogP contribution is 2.21. The second-order valence-corrected chi connectivity index (χ2v) is 5.00. The van der Waals surface area contributed by atoms with Gasteiger partial charge in [-0.2, -0.15) is 0 Å². The zero-order valence-corrected chi connectivity index (χ0v) is 11.5. The lowest BCUT2D eigenvalue weighted by atomic mass is 9.91. The Labute approximate surface area is 114 Å². The third-order valence-corrected chi connectivity index (χ3v) is 3.39. The third kappa shape index (κ3) is 3.90. The summed E-state index contributed by atoms with van der Waals surface area (Å²) in [6.07, 6.45) is 0.965. The van der Waals surface area contributed by atoms with Gasteiger partial charge in [-0.1, -0.05) is 42.0 Å². The summed E-state index contributed by atoms with van der Waals surface area (Å²) >= 11 is 0. The van der Waals surface area contributed by atoms with E-state index < -0.39 is 0 Å². The van der Waals surface area contributed by atoms with Crippen molar-refractivity contribution in [3.63, 3.8) is 0 Å². The van der Waals surface area contributed by atoms with Crippen molar-refractivity contribution in [2.45, 2.75) is 19.3 Å². The van der Waals surface area contributed by atoms with E-state index in [9.17, 15) is 4.39 Å².